The summed E-state index contributed by atoms with van der Waals surface area (Å²) in [6.45, 7) is 1.92. The lowest BCUT2D eigenvalue weighted by Crippen LogP contribution is -2.11. The van der Waals surface area contributed by atoms with Crippen molar-refractivity contribution in [3.05, 3.63) is 66.2 Å². The first kappa shape index (κ1) is 14.1. The molecule has 0 aliphatic heterocycles. The Bertz CT molecular complexity index is 988. The van der Waals surface area contributed by atoms with Gasteiger partial charge in [0.25, 0.3) is 5.91 Å². The average Bonchev–Trinajstić information content (AvgIpc) is 3.24. The highest BCUT2D eigenvalue weighted by atomic mass is 16.3. The van der Waals surface area contributed by atoms with Crippen LogP contribution in [-0.4, -0.2) is 26.1 Å². The van der Waals surface area contributed by atoms with Gasteiger partial charge in [0.1, 0.15) is 11.9 Å². The van der Waals surface area contributed by atoms with Crippen molar-refractivity contribution in [2.45, 2.75) is 6.92 Å². The Labute approximate surface area is 136 Å². The SMILES string of the molecule is Cc1cc(NC(=O)c2cc3ccccc3o2)ccc1-n1cnnn1. The van der Waals surface area contributed by atoms with Gasteiger partial charge in [-0.05, 0) is 53.2 Å². The zero-order chi connectivity index (χ0) is 16.5. The van der Waals surface area contributed by atoms with Gasteiger partial charge in [-0.2, -0.15) is 0 Å². The Balaban J connectivity index is 1.58. The number of aryl methyl sites for hydroxylation is 1. The van der Waals surface area contributed by atoms with Crippen molar-refractivity contribution in [3.63, 3.8) is 0 Å². The summed E-state index contributed by atoms with van der Waals surface area (Å²) in [5.41, 5.74) is 3.15. The number of anilines is 1. The van der Waals surface area contributed by atoms with Gasteiger partial charge in [0.15, 0.2) is 5.76 Å². The summed E-state index contributed by atoms with van der Waals surface area (Å²) in [4.78, 5) is 12.4. The number of hydrogen-bond donors (Lipinski definition) is 1. The molecule has 1 N–H and O–H groups in total. The summed E-state index contributed by atoms with van der Waals surface area (Å²) < 4.78 is 7.14. The lowest BCUT2D eigenvalue weighted by Gasteiger charge is -2.08. The van der Waals surface area contributed by atoms with Gasteiger partial charge in [-0.25, -0.2) is 4.68 Å². The molecule has 118 valence electrons. The number of aromatic nitrogens is 4. The van der Waals surface area contributed by atoms with Crippen LogP contribution in [0.3, 0.4) is 0 Å². The fourth-order valence-corrected chi connectivity index (χ4v) is 2.55. The molecule has 24 heavy (non-hydrogen) atoms. The summed E-state index contributed by atoms with van der Waals surface area (Å²) in [5.74, 6) is -0.0146. The van der Waals surface area contributed by atoms with E-state index in [1.54, 1.807) is 16.8 Å². The predicted molar refractivity (Wildman–Crippen MR) is 88.1 cm³/mol. The molecular weight excluding hydrogens is 306 g/mol. The maximum Gasteiger partial charge on any atom is 0.291 e. The molecule has 0 spiro atoms. The van der Waals surface area contributed by atoms with Crippen LogP contribution < -0.4 is 5.32 Å². The molecule has 0 unspecified atom stereocenters. The van der Waals surface area contributed by atoms with Crippen LogP contribution >= 0.6 is 0 Å². The Morgan fingerprint density at radius 1 is 1.17 bits per heavy atom. The predicted octanol–water partition coefficient (Wildman–Crippen LogP) is 2.97. The standard InChI is InChI=1S/C17H13N5O2/c1-11-8-13(6-7-14(11)22-10-18-20-21-22)19-17(23)16-9-12-4-2-3-5-15(12)24-16/h2-10H,1H3,(H,19,23). The Morgan fingerprint density at radius 3 is 2.79 bits per heavy atom. The van der Waals surface area contributed by atoms with Crippen LogP contribution in [0.25, 0.3) is 16.7 Å². The minimum atomic E-state index is -0.291. The highest BCUT2D eigenvalue weighted by molar-refractivity contribution is 6.04. The average molecular weight is 319 g/mol. The van der Waals surface area contributed by atoms with Crippen LogP contribution in [0.5, 0.6) is 0 Å². The molecule has 2 aromatic heterocycles. The van der Waals surface area contributed by atoms with E-state index >= 15 is 0 Å². The lowest BCUT2D eigenvalue weighted by atomic mass is 10.1. The van der Waals surface area contributed by atoms with Gasteiger partial charge in [0, 0.05) is 11.1 Å². The molecule has 4 rings (SSSR count). The topological polar surface area (TPSA) is 85.8 Å². The summed E-state index contributed by atoms with van der Waals surface area (Å²) in [5, 5.41) is 14.8. The number of carbonyl (C=O) groups excluding carboxylic acids is 1. The van der Waals surface area contributed by atoms with Crippen molar-refractivity contribution in [3.8, 4) is 5.69 Å². The first-order valence-electron chi connectivity index (χ1n) is 7.35. The van der Waals surface area contributed by atoms with Gasteiger partial charge in [0.2, 0.25) is 0 Å². The minimum absolute atomic E-state index is 0.276. The van der Waals surface area contributed by atoms with Crippen LogP contribution in [-0.2, 0) is 0 Å². The Kier molecular flexibility index (Phi) is 3.31. The Hall–Kier alpha value is -3.48. The molecule has 0 bridgehead atoms. The molecule has 0 aliphatic carbocycles. The molecule has 0 radical (unpaired) electrons. The largest absolute Gasteiger partial charge is 0.451 e. The van der Waals surface area contributed by atoms with Gasteiger partial charge in [-0.15, -0.1) is 5.10 Å². The number of para-hydroxylation sites is 1. The Morgan fingerprint density at radius 2 is 2.04 bits per heavy atom. The molecular formula is C17H13N5O2. The van der Waals surface area contributed by atoms with E-state index in [-0.39, 0.29) is 11.7 Å². The number of tetrazole rings is 1. The monoisotopic (exact) mass is 319 g/mol. The molecule has 7 heteroatoms. The number of rotatable bonds is 3. The van der Waals surface area contributed by atoms with Crippen LogP contribution in [0.1, 0.15) is 16.1 Å². The van der Waals surface area contributed by atoms with Crippen LogP contribution in [0, 0.1) is 6.92 Å². The van der Waals surface area contributed by atoms with Crippen LogP contribution in [0.4, 0.5) is 5.69 Å². The van der Waals surface area contributed by atoms with Crippen molar-refractivity contribution in [1.82, 2.24) is 20.2 Å². The molecule has 7 nitrogen and oxygen atoms in total. The lowest BCUT2D eigenvalue weighted by molar-refractivity contribution is 0.0998. The minimum Gasteiger partial charge on any atom is -0.451 e. The second-order valence-corrected chi connectivity index (χ2v) is 5.36. The van der Waals surface area contributed by atoms with Crippen molar-refractivity contribution in [2.75, 3.05) is 5.32 Å². The first-order chi connectivity index (χ1) is 11.7. The van der Waals surface area contributed by atoms with Crippen molar-refractivity contribution in [2.24, 2.45) is 0 Å². The second-order valence-electron chi connectivity index (χ2n) is 5.36. The van der Waals surface area contributed by atoms with Crippen molar-refractivity contribution in [1.29, 1.82) is 0 Å². The molecule has 4 aromatic rings. The number of fused-ring (bicyclic) bond motifs is 1. The van der Waals surface area contributed by atoms with E-state index in [2.05, 4.69) is 20.8 Å². The summed E-state index contributed by atoms with van der Waals surface area (Å²) >= 11 is 0. The summed E-state index contributed by atoms with van der Waals surface area (Å²) in [7, 11) is 0. The smallest absolute Gasteiger partial charge is 0.291 e. The third-order valence-corrected chi connectivity index (χ3v) is 3.70. The molecule has 0 fully saturated rings. The molecule has 0 aliphatic rings. The number of amides is 1. The fraction of sp³-hybridized carbons (Fsp3) is 0.0588. The molecule has 0 saturated heterocycles. The highest BCUT2D eigenvalue weighted by Gasteiger charge is 2.13. The first-order valence-corrected chi connectivity index (χ1v) is 7.35. The van der Waals surface area contributed by atoms with E-state index in [9.17, 15) is 4.79 Å². The van der Waals surface area contributed by atoms with Gasteiger partial charge >= 0.3 is 0 Å². The number of benzene rings is 2. The normalized spacial score (nSPS) is 10.9. The number of furan rings is 1. The number of nitrogens with one attached hydrogen (secondary N) is 1. The molecule has 0 atom stereocenters. The third-order valence-electron chi connectivity index (χ3n) is 3.70. The zero-order valence-electron chi connectivity index (χ0n) is 12.8. The van der Waals surface area contributed by atoms with Crippen molar-refractivity contribution < 1.29 is 9.21 Å². The molecule has 2 aromatic carbocycles. The number of nitrogens with zero attached hydrogens (tertiary/aromatic N) is 4. The van der Waals surface area contributed by atoms with Gasteiger partial charge in [0.05, 0.1) is 5.69 Å². The fourth-order valence-electron chi connectivity index (χ4n) is 2.55. The summed E-state index contributed by atoms with van der Waals surface area (Å²) in [6, 6.07) is 14.7. The van der Waals surface area contributed by atoms with E-state index in [1.807, 2.05) is 43.3 Å². The molecule has 2 heterocycles. The van der Waals surface area contributed by atoms with Gasteiger partial charge in [-0.3, -0.25) is 4.79 Å². The quantitative estimate of drug-likeness (QED) is 0.627. The highest BCUT2D eigenvalue weighted by Crippen LogP contribution is 2.21. The van der Waals surface area contributed by atoms with Crippen molar-refractivity contribution >= 4 is 22.6 Å². The second kappa shape index (κ2) is 5.62. The zero-order valence-corrected chi connectivity index (χ0v) is 12.8. The van der Waals surface area contributed by atoms with E-state index in [0.29, 0.717) is 11.3 Å². The van der Waals surface area contributed by atoms with E-state index in [1.165, 1.54) is 6.33 Å². The third kappa shape index (κ3) is 2.52. The van der Waals surface area contributed by atoms with Gasteiger partial charge < -0.3 is 9.73 Å². The maximum atomic E-state index is 12.4. The van der Waals surface area contributed by atoms with Crippen LogP contribution in [0.15, 0.2) is 59.3 Å². The van der Waals surface area contributed by atoms with E-state index in [0.717, 1.165) is 16.6 Å². The van der Waals surface area contributed by atoms with Gasteiger partial charge in [-0.1, -0.05) is 18.2 Å². The number of carbonyl (C=O) groups is 1. The molecule has 0 saturated carbocycles. The molecule has 1 amide bonds. The van der Waals surface area contributed by atoms with Crippen LogP contribution in [0.2, 0.25) is 0 Å². The number of hydrogen-bond acceptors (Lipinski definition) is 5. The van der Waals surface area contributed by atoms with E-state index in [4.69, 9.17) is 4.42 Å². The maximum absolute atomic E-state index is 12.4. The van der Waals surface area contributed by atoms with E-state index < -0.39 is 0 Å². The summed E-state index contributed by atoms with van der Waals surface area (Å²) in [6.07, 6.45) is 1.52.